The third kappa shape index (κ3) is 4.36. The van der Waals surface area contributed by atoms with Crippen LogP contribution in [0.2, 0.25) is 0 Å². The van der Waals surface area contributed by atoms with Gasteiger partial charge in [0.15, 0.2) is 0 Å². The Kier molecular flexibility index (Phi) is 6.44. The first kappa shape index (κ1) is 22.7. The summed E-state index contributed by atoms with van der Waals surface area (Å²) in [6, 6.07) is 16.1. The van der Waals surface area contributed by atoms with Crippen LogP contribution in [-0.2, 0) is 22.6 Å². The van der Waals surface area contributed by atoms with E-state index in [2.05, 4.69) is 36.9 Å². The van der Waals surface area contributed by atoms with E-state index in [1.165, 1.54) is 17.5 Å². The zero-order valence-corrected chi connectivity index (χ0v) is 20.3. The van der Waals surface area contributed by atoms with E-state index in [0.29, 0.717) is 30.3 Å². The van der Waals surface area contributed by atoms with E-state index in [1.54, 1.807) is 4.90 Å². The number of hydrogen-bond acceptors (Lipinski definition) is 4. The lowest BCUT2D eigenvalue weighted by Gasteiger charge is -2.33. The average Bonchev–Trinajstić information content (AvgIpc) is 3.13. The lowest BCUT2D eigenvalue weighted by Crippen LogP contribution is -2.44. The maximum absolute atomic E-state index is 13.8. The number of fused-ring (bicyclic) bond motifs is 1. The molecule has 2 aromatic carbocycles. The largest absolute Gasteiger partial charge is 0.493 e. The lowest BCUT2D eigenvalue weighted by atomic mass is 9.94. The molecule has 1 fully saturated rings. The Hall–Kier alpha value is -3.08. The van der Waals surface area contributed by atoms with Crippen LogP contribution in [-0.4, -0.2) is 40.8 Å². The number of carbonyl (C=O) groups is 2. The SMILES string of the molecule is CC(C)COc1ccc(C2=C(N3CCc4ccccc4C3)C(=O)N(C3CCCCC3)C2=O)cc1. The third-order valence-electron chi connectivity index (χ3n) is 7.20. The summed E-state index contributed by atoms with van der Waals surface area (Å²) in [6.07, 6.45) is 6.02. The van der Waals surface area contributed by atoms with Gasteiger partial charge in [-0.15, -0.1) is 0 Å². The summed E-state index contributed by atoms with van der Waals surface area (Å²) in [5, 5.41) is 0. The molecule has 5 nitrogen and oxygen atoms in total. The Morgan fingerprint density at radius 2 is 1.62 bits per heavy atom. The molecule has 2 amide bonds. The van der Waals surface area contributed by atoms with E-state index in [4.69, 9.17) is 4.74 Å². The summed E-state index contributed by atoms with van der Waals surface area (Å²) in [6.45, 7) is 6.27. The molecule has 0 atom stereocenters. The van der Waals surface area contributed by atoms with Crippen molar-refractivity contribution in [1.29, 1.82) is 0 Å². The van der Waals surface area contributed by atoms with Crippen LogP contribution in [0.5, 0.6) is 5.75 Å². The Morgan fingerprint density at radius 3 is 2.32 bits per heavy atom. The second-order valence-electron chi connectivity index (χ2n) is 10.2. The second-order valence-corrected chi connectivity index (χ2v) is 10.2. The van der Waals surface area contributed by atoms with Crippen molar-refractivity contribution in [3.8, 4) is 5.75 Å². The van der Waals surface area contributed by atoms with Crippen molar-refractivity contribution in [3.05, 3.63) is 70.9 Å². The van der Waals surface area contributed by atoms with Gasteiger partial charge in [0.1, 0.15) is 11.4 Å². The number of ether oxygens (including phenoxy) is 1. The maximum Gasteiger partial charge on any atom is 0.278 e. The molecule has 0 bridgehead atoms. The average molecular weight is 459 g/mol. The Morgan fingerprint density at radius 1 is 0.912 bits per heavy atom. The molecule has 0 radical (unpaired) electrons. The maximum atomic E-state index is 13.8. The van der Waals surface area contributed by atoms with Gasteiger partial charge in [-0.2, -0.15) is 0 Å². The topological polar surface area (TPSA) is 49.9 Å². The van der Waals surface area contributed by atoms with E-state index in [0.717, 1.165) is 50.0 Å². The molecule has 1 saturated carbocycles. The van der Waals surface area contributed by atoms with Crippen molar-refractivity contribution >= 4 is 17.4 Å². The summed E-state index contributed by atoms with van der Waals surface area (Å²) >= 11 is 0. The summed E-state index contributed by atoms with van der Waals surface area (Å²) in [5.41, 5.74) is 4.47. The number of imide groups is 1. The van der Waals surface area contributed by atoms with Gasteiger partial charge < -0.3 is 9.64 Å². The monoisotopic (exact) mass is 458 g/mol. The zero-order chi connectivity index (χ0) is 23.7. The Balaban J connectivity index is 1.50. The molecule has 0 saturated heterocycles. The minimum atomic E-state index is -0.137. The van der Waals surface area contributed by atoms with Gasteiger partial charge in [-0.1, -0.05) is 69.5 Å². The minimum absolute atomic E-state index is 0.00646. The molecule has 1 aliphatic carbocycles. The normalized spacial score (nSPS) is 19.3. The first-order valence-corrected chi connectivity index (χ1v) is 12.7. The smallest absolute Gasteiger partial charge is 0.278 e. The van der Waals surface area contributed by atoms with Crippen molar-refractivity contribution < 1.29 is 14.3 Å². The molecular formula is C29H34N2O3. The van der Waals surface area contributed by atoms with E-state index in [1.807, 2.05) is 30.3 Å². The van der Waals surface area contributed by atoms with Crippen molar-refractivity contribution in [2.24, 2.45) is 5.92 Å². The van der Waals surface area contributed by atoms with Gasteiger partial charge in [0.25, 0.3) is 11.8 Å². The van der Waals surface area contributed by atoms with Gasteiger partial charge >= 0.3 is 0 Å². The minimum Gasteiger partial charge on any atom is -0.493 e. The van der Waals surface area contributed by atoms with Gasteiger partial charge in [0, 0.05) is 19.1 Å². The number of amides is 2. The van der Waals surface area contributed by atoms with Gasteiger partial charge in [0.05, 0.1) is 12.2 Å². The van der Waals surface area contributed by atoms with E-state index < -0.39 is 0 Å². The van der Waals surface area contributed by atoms with E-state index >= 15 is 0 Å². The highest BCUT2D eigenvalue weighted by molar-refractivity contribution is 6.35. The van der Waals surface area contributed by atoms with Crippen molar-refractivity contribution in [2.75, 3.05) is 13.2 Å². The molecule has 5 rings (SSSR count). The number of hydrogen-bond donors (Lipinski definition) is 0. The van der Waals surface area contributed by atoms with Crippen LogP contribution in [0.1, 0.15) is 62.6 Å². The summed E-state index contributed by atoms with van der Waals surface area (Å²) < 4.78 is 5.84. The molecule has 0 N–H and O–H groups in total. The molecule has 2 heterocycles. The van der Waals surface area contributed by atoms with Crippen LogP contribution in [0.15, 0.2) is 54.2 Å². The van der Waals surface area contributed by atoms with Gasteiger partial charge in [-0.3, -0.25) is 14.5 Å². The first-order valence-electron chi connectivity index (χ1n) is 12.7. The van der Waals surface area contributed by atoms with E-state index in [-0.39, 0.29) is 17.9 Å². The number of rotatable bonds is 6. The lowest BCUT2D eigenvalue weighted by molar-refractivity contribution is -0.141. The highest BCUT2D eigenvalue weighted by Crippen LogP contribution is 2.38. The van der Waals surface area contributed by atoms with Gasteiger partial charge in [-0.05, 0) is 54.0 Å². The molecule has 2 aromatic rings. The Bertz CT molecular complexity index is 1100. The standard InChI is InChI=1S/C29H34N2O3/c1-20(2)19-34-25-14-12-22(13-15-25)26-27(30-17-16-21-8-6-7-9-23(21)18-30)29(33)31(28(26)32)24-10-4-3-5-11-24/h6-9,12-15,20,24H,3-5,10-11,16-19H2,1-2H3. The zero-order valence-electron chi connectivity index (χ0n) is 20.3. The molecule has 5 heteroatoms. The third-order valence-corrected chi connectivity index (χ3v) is 7.20. The van der Waals surface area contributed by atoms with Crippen LogP contribution in [0.4, 0.5) is 0 Å². The van der Waals surface area contributed by atoms with Gasteiger partial charge in [-0.25, -0.2) is 0 Å². The molecule has 0 aromatic heterocycles. The Labute approximate surface area is 202 Å². The van der Waals surface area contributed by atoms with Gasteiger partial charge in [0.2, 0.25) is 0 Å². The van der Waals surface area contributed by atoms with Crippen molar-refractivity contribution in [2.45, 2.75) is 65.0 Å². The quantitative estimate of drug-likeness (QED) is 0.559. The summed E-state index contributed by atoms with van der Waals surface area (Å²) in [7, 11) is 0. The molecule has 34 heavy (non-hydrogen) atoms. The molecule has 0 spiro atoms. The highest BCUT2D eigenvalue weighted by Gasteiger charge is 2.45. The van der Waals surface area contributed by atoms with E-state index in [9.17, 15) is 9.59 Å². The summed E-state index contributed by atoms with van der Waals surface area (Å²) in [4.78, 5) is 31.3. The van der Waals surface area contributed by atoms with Crippen LogP contribution in [0, 0.1) is 5.92 Å². The van der Waals surface area contributed by atoms with Crippen LogP contribution in [0.25, 0.3) is 5.57 Å². The number of benzene rings is 2. The fraction of sp³-hybridized carbons (Fsp3) is 0.448. The van der Waals surface area contributed by atoms with Crippen molar-refractivity contribution in [3.63, 3.8) is 0 Å². The fourth-order valence-corrected chi connectivity index (χ4v) is 5.43. The molecule has 2 aliphatic heterocycles. The molecular weight excluding hydrogens is 424 g/mol. The van der Waals surface area contributed by atoms with Crippen LogP contribution >= 0.6 is 0 Å². The second kappa shape index (κ2) is 9.65. The predicted octanol–water partition coefficient (Wildman–Crippen LogP) is 5.19. The van der Waals surface area contributed by atoms with Crippen molar-refractivity contribution in [1.82, 2.24) is 9.80 Å². The molecule has 178 valence electrons. The first-order chi connectivity index (χ1) is 16.5. The molecule has 0 unspecified atom stereocenters. The number of nitrogens with zero attached hydrogens (tertiary/aromatic N) is 2. The number of carbonyl (C=O) groups excluding carboxylic acids is 2. The summed E-state index contributed by atoms with van der Waals surface area (Å²) in [5.74, 6) is 0.967. The highest BCUT2D eigenvalue weighted by atomic mass is 16.5. The predicted molar refractivity (Wildman–Crippen MR) is 133 cm³/mol. The molecule has 3 aliphatic rings. The van der Waals surface area contributed by atoms with Crippen LogP contribution < -0.4 is 4.74 Å². The van der Waals surface area contributed by atoms with Crippen LogP contribution in [0.3, 0.4) is 0 Å². The fourth-order valence-electron chi connectivity index (χ4n) is 5.43.